The van der Waals surface area contributed by atoms with Crippen molar-refractivity contribution >= 4 is 47.4 Å². The van der Waals surface area contributed by atoms with E-state index in [1.165, 1.54) is 8.80 Å². The Morgan fingerprint density at radius 1 is 1.75 bits per heavy atom. The molecule has 0 nitrogen and oxygen atoms in total. The molecule has 4 heteroatoms. The van der Waals surface area contributed by atoms with E-state index in [9.17, 15) is 0 Å². The molecule has 0 saturated heterocycles. The van der Waals surface area contributed by atoms with Gasteiger partial charge >= 0.3 is 17.6 Å². The predicted molar refractivity (Wildman–Crippen MR) is 37.0 cm³/mol. The fourth-order valence-corrected chi connectivity index (χ4v) is 0. The van der Waals surface area contributed by atoms with Crippen LogP contribution in [0.15, 0.2) is 0 Å². The third kappa shape index (κ3) is 10.1. The van der Waals surface area contributed by atoms with Crippen LogP contribution in [0.3, 0.4) is 0 Å². The summed E-state index contributed by atoms with van der Waals surface area (Å²) >= 11 is 0.556. The number of hydrogen-bond donors (Lipinski definition) is 0. The second kappa shape index (κ2) is 8.84. The second-order valence-electron chi connectivity index (χ2n) is 0.707. The molecule has 0 spiro atoms. The van der Waals surface area contributed by atoms with Crippen molar-refractivity contribution < 1.29 is 0 Å². The van der Waals surface area contributed by atoms with Crippen molar-refractivity contribution in [2.24, 2.45) is 0 Å². The molecule has 0 aliphatic carbocycles. The predicted octanol–water partition coefficient (Wildman–Crippen LogP) is -4.20. The van der Waals surface area contributed by atoms with E-state index in [2.05, 4.69) is 6.62 Å². The van der Waals surface area contributed by atoms with Gasteiger partial charge in [-0.2, -0.15) is 0 Å². The summed E-state index contributed by atoms with van der Waals surface area (Å²) in [4.78, 5) is 0. The summed E-state index contributed by atoms with van der Waals surface area (Å²) in [7, 11) is 1.51. The van der Waals surface area contributed by atoms with Gasteiger partial charge in [-0.1, -0.05) is 8.80 Å². The molecule has 0 heterocycles. The van der Waals surface area contributed by atoms with E-state index < -0.39 is 0 Å². The average molecular weight is 149 g/mol. The summed E-state index contributed by atoms with van der Waals surface area (Å²) in [5, 5.41) is 0. The summed E-state index contributed by atoms with van der Waals surface area (Å²) < 4.78 is 0. The van der Waals surface area contributed by atoms with Crippen LogP contribution in [0, 0.1) is 0 Å². The first kappa shape index (κ1) is 9.02. The van der Waals surface area contributed by atoms with Crippen LogP contribution in [0.5, 0.6) is 0 Å². The van der Waals surface area contributed by atoms with Crippen molar-refractivity contribution in [3.63, 3.8) is 0 Å². The molecule has 0 amide bonds. The topological polar surface area (TPSA) is 0 Å². The van der Waals surface area contributed by atoms with Gasteiger partial charge in [0.25, 0.3) is 0 Å². The summed E-state index contributed by atoms with van der Waals surface area (Å²) in [6.45, 7) is 2.33. The Hall–Kier alpha value is 1.36. The Morgan fingerprint density at radius 3 is 1.75 bits per heavy atom. The molecule has 0 bridgehead atoms. The SMILES string of the molecule is [BH2][AlH][SiH3].[GeH4]. The van der Waals surface area contributed by atoms with E-state index >= 15 is 0 Å². The van der Waals surface area contributed by atoms with Crippen molar-refractivity contribution in [2.45, 2.75) is 0 Å². The quantitative estimate of drug-likeness (QED) is 0.306. The Kier molecular flexibility index (Phi) is 19.9. The van der Waals surface area contributed by atoms with Gasteiger partial charge in [0.1, 0.15) is 0 Å². The van der Waals surface area contributed by atoms with Gasteiger partial charge < -0.3 is 0 Å². The minimum atomic E-state index is 0. The molecule has 0 aromatic heterocycles. The van der Waals surface area contributed by atoms with E-state index in [0.29, 0.717) is 14.4 Å². The molecule has 0 N–H and O–H groups in total. The molecule has 0 saturated carbocycles. The Morgan fingerprint density at radius 2 is 1.75 bits per heavy atom. The van der Waals surface area contributed by atoms with E-state index in [-0.39, 0.29) is 17.6 Å². The molecule has 0 aliphatic rings. The molecule has 0 aromatic rings. The fraction of sp³-hybridized carbons (Fsp3) is 0. The zero-order valence-corrected chi connectivity index (χ0v) is 6.12. The van der Waals surface area contributed by atoms with E-state index in [0.717, 1.165) is 0 Å². The van der Waals surface area contributed by atoms with Crippen LogP contribution in [0.4, 0.5) is 0 Å². The van der Waals surface area contributed by atoms with Crippen LogP contribution in [-0.2, 0) is 0 Å². The molecular weight excluding hydrogens is 138 g/mol. The van der Waals surface area contributed by atoms with Crippen LogP contribution >= 0.6 is 0 Å². The van der Waals surface area contributed by atoms with Crippen molar-refractivity contribution in [3.8, 4) is 0 Å². The average Bonchev–Trinajstić information content (AvgIpc) is 0.918. The van der Waals surface area contributed by atoms with Crippen molar-refractivity contribution in [1.29, 1.82) is 0 Å². The molecular formula is H10AlBGeSi. The molecule has 0 atom stereocenters. The zero-order chi connectivity index (χ0) is 2.71. The van der Waals surface area contributed by atoms with Crippen molar-refractivity contribution in [1.82, 2.24) is 0 Å². The van der Waals surface area contributed by atoms with Gasteiger partial charge in [-0.25, -0.2) is 0 Å². The third-order valence-electron chi connectivity index (χ3n) is 0. The van der Waals surface area contributed by atoms with E-state index in [1.807, 2.05) is 0 Å². The minimum absolute atomic E-state index is 0. The summed E-state index contributed by atoms with van der Waals surface area (Å²) in [5.41, 5.74) is 0. The van der Waals surface area contributed by atoms with E-state index in [4.69, 9.17) is 0 Å². The van der Waals surface area contributed by atoms with Crippen LogP contribution in [0.1, 0.15) is 0 Å². The van der Waals surface area contributed by atoms with Gasteiger partial charge in [0.05, 0.1) is 0 Å². The van der Waals surface area contributed by atoms with Crippen LogP contribution < -0.4 is 0 Å². The first-order valence-electron chi connectivity index (χ1n) is 1.41. The molecule has 0 fully saturated rings. The molecule has 0 radical (unpaired) electrons. The van der Waals surface area contributed by atoms with Gasteiger partial charge in [-0.15, -0.1) is 0 Å². The number of rotatable bonds is 0. The summed E-state index contributed by atoms with van der Waals surface area (Å²) in [6.07, 6.45) is 0. The second-order valence-corrected chi connectivity index (χ2v) is 6.36. The molecule has 0 unspecified atom stereocenters. The van der Waals surface area contributed by atoms with Gasteiger partial charge in [-0.05, 0) is 0 Å². The maximum absolute atomic E-state index is 2.33. The van der Waals surface area contributed by atoms with Crippen LogP contribution in [0.2, 0.25) is 0 Å². The van der Waals surface area contributed by atoms with Gasteiger partial charge in [0, 0.05) is 6.62 Å². The maximum atomic E-state index is 2.33. The monoisotopic (exact) mass is 150 g/mol. The van der Waals surface area contributed by atoms with Crippen LogP contribution in [-0.4, -0.2) is 47.4 Å². The molecule has 0 rings (SSSR count). The third-order valence-corrected chi connectivity index (χ3v) is 0. The van der Waals surface area contributed by atoms with Crippen LogP contribution in [0.25, 0.3) is 0 Å². The molecule has 0 aliphatic heterocycles. The Balaban J connectivity index is 0. The van der Waals surface area contributed by atoms with Crippen molar-refractivity contribution in [2.75, 3.05) is 0 Å². The molecule has 4 heavy (non-hydrogen) atoms. The van der Waals surface area contributed by atoms with Gasteiger partial charge in [0.2, 0.25) is 0 Å². The van der Waals surface area contributed by atoms with Gasteiger partial charge in [0.15, 0.2) is 14.4 Å². The normalized spacial score (nSPS) is 4.00. The van der Waals surface area contributed by atoms with Crippen molar-refractivity contribution in [3.05, 3.63) is 0 Å². The Labute approximate surface area is 47.5 Å². The number of hydrogen-bond acceptors (Lipinski definition) is 0. The fourth-order valence-electron chi connectivity index (χ4n) is 0. The first-order valence-corrected chi connectivity index (χ1v) is 8.49. The Bertz CT molecular complexity index is 8.00. The molecule has 0 aromatic carbocycles. The van der Waals surface area contributed by atoms with E-state index in [1.54, 1.807) is 0 Å². The first-order chi connectivity index (χ1) is 1.41. The van der Waals surface area contributed by atoms with Gasteiger partial charge in [-0.3, -0.25) is 0 Å². The standard InChI is InChI=1S/Al.BH2.GeH4.H3Si.H/h;1H2;1H4;1H3;/q-1;+1;;;. The summed E-state index contributed by atoms with van der Waals surface area (Å²) in [5.74, 6) is 0. The molecule has 24 valence electrons. The summed E-state index contributed by atoms with van der Waals surface area (Å²) in [6, 6.07) is 0. The zero-order valence-electron chi connectivity index (χ0n) is 2.71.